The molecule has 25 heavy (non-hydrogen) atoms. The third-order valence-electron chi connectivity index (χ3n) is 3.68. The summed E-state index contributed by atoms with van der Waals surface area (Å²) in [5.41, 5.74) is 4.42. The number of amides is 1. The Morgan fingerprint density at radius 2 is 1.96 bits per heavy atom. The lowest BCUT2D eigenvalue weighted by molar-refractivity contribution is 0.0954. The number of nitrogens with zero attached hydrogens (tertiary/aromatic N) is 1. The van der Waals surface area contributed by atoms with E-state index in [0.29, 0.717) is 21.3 Å². The molecule has 2 rings (SSSR count). The summed E-state index contributed by atoms with van der Waals surface area (Å²) in [5.74, 6) is 0.301. The maximum atomic E-state index is 12.3. The molecule has 0 aliphatic carbocycles. The van der Waals surface area contributed by atoms with Crippen LogP contribution in [0.25, 0.3) is 0 Å². The van der Waals surface area contributed by atoms with Gasteiger partial charge >= 0.3 is 0 Å². The molecule has 0 atom stereocenters. The molecule has 0 spiro atoms. The minimum Gasteiger partial charge on any atom is -0.507 e. The molecule has 0 unspecified atom stereocenters. The highest BCUT2D eigenvalue weighted by Gasteiger charge is 2.15. The zero-order valence-corrected chi connectivity index (χ0v) is 16.2. The molecule has 0 heterocycles. The van der Waals surface area contributed by atoms with Crippen molar-refractivity contribution in [1.82, 2.24) is 5.43 Å². The van der Waals surface area contributed by atoms with Gasteiger partial charge in [-0.1, -0.05) is 26.8 Å². The van der Waals surface area contributed by atoms with E-state index >= 15 is 0 Å². The number of carbonyl (C=O) groups excluding carboxylic acids is 1. The molecule has 2 N–H and O–H groups in total. The smallest absolute Gasteiger partial charge is 0.272 e. The predicted molar refractivity (Wildman–Crippen MR) is 103 cm³/mol. The number of ether oxygens (including phenoxy) is 1. The molecular formula is C19H21BrN2O3. The highest BCUT2D eigenvalue weighted by molar-refractivity contribution is 9.10. The Hall–Kier alpha value is -2.34. The highest BCUT2D eigenvalue weighted by atomic mass is 79.9. The summed E-state index contributed by atoms with van der Waals surface area (Å²) in [4.78, 5) is 12.3. The average Bonchev–Trinajstić information content (AvgIpc) is 2.55. The number of hydrogen-bond donors (Lipinski definition) is 2. The summed E-state index contributed by atoms with van der Waals surface area (Å²) >= 11 is 3.33. The first kappa shape index (κ1) is 19.0. The minimum absolute atomic E-state index is 0.0506. The maximum Gasteiger partial charge on any atom is 0.272 e. The SMILES string of the molecule is COc1ccc(Br)c(C(=O)N/N=C/c2cc(C(C)(C)C)ccc2O)c1. The molecule has 0 radical (unpaired) electrons. The first-order chi connectivity index (χ1) is 11.7. The first-order valence-electron chi connectivity index (χ1n) is 7.73. The van der Waals surface area contributed by atoms with E-state index in [1.807, 2.05) is 12.1 Å². The van der Waals surface area contributed by atoms with E-state index in [4.69, 9.17) is 4.74 Å². The summed E-state index contributed by atoms with van der Waals surface area (Å²) in [5, 5.41) is 13.9. The summed E-state index contributed by atoms with van der Waals surface area (Å²) < 4.78 is 5.76. The number of rotatable bonds is 4. The van der Waals surface area contributed by atoms with Gasteiger partial charge in [-0.2, -0.15) is 5.10 Å². The van der Waals surface area contributed by atoms with Crippen molar-refractivity contribution < 1.29 is 14.6 Å². The zero-order chi connectivity index (χ0) is 18.6. The number of hydrazone groups is 1. The number of aromatic hydroxyl groups is 1. The van der Waals surface area contributed by atoms with Crippen LogP contribution < -0.4 is 10.2 Å². The molecule has 0 saturated carbocycles. The molecule has 0 fully saturated rings. The largest absolute Gasteiger partial charge is 0.507 e. The molecule has 0 aromatic heterocycles. The number of phenols is 1. The third kappa shape index (κ3) is 4.82. The number of nitrogens with one attached hydrogen (secondary N) is 1. The molecule has 2 aromatic rings. The van der Waals surface area contributed by atoms with Gasteiger partial charge in [0.25, 0.3) is 5.91 Å². The van der Waals surface area contributed by atoms with Crippen molar-refractivity contribution in [2.24, 2.45) is 5.10 Å². The fourth-order valence-corrected chi connectivity index (χ4v) is 2.58. The number of halogens is 1. The Bertz CT molecular complexity index is 811. The monoisotopic (exact) mass is 404 g/mol. The van der Waals surface area contributed by atoms with Crippen LogP contribution in [-0.4, -0.2) is 24.3 Å². The molecule has 0 aliphatic heterocycles. The van der Waals surface area contributed by atoms with Crippen LogP contribution >= 0.6 is 15.9 Å². The van der Waals surface area contributed by atoms with Crippen LogP contribution in [0.5, 0.6) is 11.5 Å². The number of phenolic OH excluding ortho intramolecular Hbond substituents is 1. The molecule has 1 amide bonds. The summed E-state index contributed by atoms with van der Waals surface area (Å²) in [6, 6.07) is 10.5. The van der Waals surface area contributed by atoms with E-state index in [2.05, 4.69) is 47.2 Å². The standard InChI is InChI=1S/C19H21BrN2O3/c1-19(2,3)13-5-8-17(23)12(9-13)11-21-22-18(24)15-10-14(25-4)6-7-16(15)20/h5-11,23H,1-4H3,(H,22,24)/b21-11+. The van der Waals surface area contributed by atoms with E-state index in [1.54, 1.807) is 24.3 Å². The van der Waals surface area contributed by atoms with Gasteiger partial charge in [-0.25, -0.2) is 5.43 Å². The van der Waals surface area contributed by atoms with Crippen molar-refractivity contribution in [1.29, 1.82) is 0 Å². The van der Waals surface area contributed by atoms with Gasteiger partial charge in [0.2, 0.25) is 0 Å². The van der Waals surface area contributed by atoms with E-state index < -0.39 is 0 Å². The number of hydrogen-bond acceptors (Lipinski definition) is 4. The predicted octanol–water partition coefficient (Wildman–Crippen LogP) is 4.22. The van der Waals surface area contributed by atoms with Gasteiger partial charge in [-0.05, 0) is 57.2 Å². The Balaban J connectivity index is 2.17. The van der Waals surface area contributed by atoms with Gasteiger partial charge in [0.05, 0.1) is 18.9 Å². The summed E-state index contributed by atoms with van der Waals surface area (Å²) in [7, 11) is 1.54. The van der Waals surface area contributed by atoms with Crippen molar-refractivity contribution in [3.05, 3.63) is 57.6 Å². The molecule has 132 valence electrons. The third-order valence-corrected chi connectivity index (χ3v) is 4.37. The van der Waals surface area contributed by atoms with Crippen molar-refractivity contribution >= 4 is 28.1 Å². The van der Waals surface area contributed by atoms with E-state index in [0.717, 1.165) is 5.56 Å². The van der Waals surface area contributed by atoms with E-state index in [1.165, 1.54) is 13.3 Å². The zero-order valence-electron chi connectivity index (χ0n) is 14.6. The van der Waals surface area contributed by atoms with E-state index in [9.17, 15) is 9.90 Å². The van der Waals surface area contributed by atoms with Gasteiger partial charge in [-0.3, -0.25) is 4.79 Å². The van der Waals surface area contributed by atoms with Crippen LogP contribution in [0, 0.1) is 0 Å². The van der Waals surface area contributed by atoms with Crippen LogP contribution in [0.3, 0.4) is 0 Å². The molecule has 0 bridgehead atoms. The van der Waals surface area contributed by atoms with Crippen LogP contribution in [0.4, 0.5) is 0 Å². The van der Waals surface area contributed by atoms with Crippen LogP contribution in [0.15, 0.2) is 46.0 Å². The second kappa shape index (κ2) is 7.70. The molecule has 0 saturated heterocycles. The second-order valence-electron chi connectivity index (χ2n) is 6.57. The number of carbonyl (C=O) groups is 1. The number of methoxy groups -OCH3 is 1. The van der Waals surface area contributed by atoms with Crippen LogP contribution in [0.2, 0.25) is 0 Å². The van der Waals surface area contributed by atoms with Gasteiger partial charge in [0.1, 0.15) is 11.5 Å². The Morgan fingerprint density at radius 1 is 1.24 bits per heavy atom. The van der Waals surface area contributed by atoms with Crippen LogP contribution in [-0.2, 0) is 5.41 Å². The number of benzene rings is 2. The van der Waals surface area contributed by atoms with Gasteiger partial charge in [0.15, 0.2) is 0 Å². The normalized spacial score (nSPS) is 11.6. The van der Waals surface area contributed by atoms with Gasteiger partial charge in [0, 0.05) is 10.0 Å². The quantitative estimate of drug-likeness (QED) is 0.591. The highest BCUT2D eigenvalue weighted by Crippen LogP contribution is 2.26. The van der Waals surface area contributed by atoms with Gasteiger partial charge < -0.3 is 9.84 Å². The summed E-state index contributed by atoms with van der Waals surface area (Å²) in [6.07, 6.45) is 1.43. The van der Waals surface area contributed by atoms with Crippen molar-refractivity contribution in [3.63, 3.8) is 0 Å². The van der Waals surface area contributed by atoms with Gasteiger partial charge in [-0.15, -0.1) is 0 Å². The Kier molecular flexibility index (Phi) is 5.85. The molecule has 2 aromatic carbocycles. The molecular weight excluding hydrogens is 384 g/mol. The van der Waals surface area contributed by atoms with Crippen molar-refractivity contribution in [2.75, 3.05) is 7.11 Å². The topological polar surface area (TPSA) is 70.9 Å². The lowest BCUT2D eigenvalue weighted by Gasteiger charge is -2.19. The first-order valence-corrected chi connectivity index (χ1v) is 8.52. The molecule has 6 heteroatoms. The van der Waals surface area contributed by atoms with Crippen molar-refractivity contribution in [2.45, 2.75) is 26.2 Å². The lowest BCUT2D eigenvalue weighted by Crippen LogP contribution is -2.18. The molecule has 0 aliphatic rings. The fourth-order valence-electron chi connectivity index (χ4n) is 2.15. The minimum atomic E-state index is -0.381. The van der Waals surface area contributed by atoms with Crippen molar-refractivity contribution in [3.8, 4) is 11.5 Å². The summed E-state index contributed by atoms with van der Waals surface area (Å²) in [6.45, 7) is 6.26. The molecule has 5 nitrogen and oxygen atoms in total. The Morgan fingerprint density at radius 3 is 2.60 bits per heavy atom. The average molecular weight is 405 g/mol. The fraction of sp³-hybridized carbons (Fsp3) is 0.263. The van der Waals surface area contributed by atoms with E-state index in [-0.39, 0.29) is 17.1 Å². The lowest BCUT2D eigenvalue weighted by atomic mass is 9.86. The Labute approximate surface area is 155 Å². The maximum absolute atomic E-state index is 12.3. The van der Waals surface area contributed by atoms with Crippen LogP contribution in [0.1, 0.15) is 42.3 Å². The second-order valence-corrected chi connectivity index (χ2v) is 7.42.